The Labute approximate surface area is 118 Å². The number of carbonyl (C=O) groups is 1. The Morgan fingerprint density at radius 2 is 2.00 bits per heavy atom. The highest BCUT2D eigenvalue weighted by atomic mass is 16.1. The first-order chi connectivity index (χ1) is 9.76. The van der Waals surface area contributed by atoms with Crippen LogP contribution in [0.2, 0.25) is 0 Å². The van der Waals surface area contributed by atoms with Crippen LogP contribution in [0.1, 0.15) is 40.9 Å². The van der Waals surface area contributed by atoms with Crippen LogP contribution >= 0.6 is 0 Å². The summed E-state index contributed by atoms with van der Waals surface area (Å²) < 4.78 is 0. The van der Waals surface area contributed by atoms with Gasteiger partial charge in [0.1, 0.15) is 0 Å². The van der Waals surface area contributed by atoms with Crippen LogP contribution < -0.4 is 0 Å². The third kappa shape index (κ3) is 3.10. The van der Waals surface area contributed by atoms with Gasteiger partial charge in [-0.05, 0) is 24.1 Å². The van der Waals surface area contributed by atoms with Gasteiger partial charge in [0, 0.05) is 11.8 Å². The molecule has 0 N–H and O–H groups in total. The standard InChI is InChI=1S/C17H16N2O/c1-2-5-13-7-9-14(10-8-13)17(20)15(12-18)16-6-3-4-11-19-16/h3-4,6-11,15H,2,5H2,1H3/t15-/m0/s1. The molecule has 2 aromatic rings. The molecule has 0 amide bonds. The van der Waals surface area contributed by atoms with Gasteiger partial charge in [-0.1, -0.05) is 43.7 Å². The fourth-order valence-corrected chi connectivity index (χ4v) is 2.10. The predicted octanol–water partition coefficient (Wildman–Crippen LogP) is 3.52. The molecule has 0 aliphatic rings. The largest absolute Gasteiger partial charge is 0.292 e. The number of aromatic nitrogens is 1. The number of hydrogen-bond acceptors (Lipinski definition) is 3. The molecule has 1 atom stereocenters. The molecule has 3 nitrogen and oxygen atoms in total. The molecule has 0 spiro atoms. The van der Waals surface area contributed by atoms with Crippen molar-refractivity contribution >= 4 is 5.78 Å². The zero-order valence-corrected chi connectivity index (χ0v) is 11.4. The van der Waals surface area contributed by atoms with Crippen molar-refractivity contribution in [2.24, 2.45) is 0 Å². The smallest absolute Gasteiger partial charge is 0.186 e. The number of nitriles is 1. The van der Waals surface area contributed by atoms with Crippen molar-refractivity contribution in [1.29, 1.82) is 5.26 Å². The molecule has 0 bridgehead atoms. The molecule has 100 valence electrons. The molecule has 0 aliphatic heterocycles. The number of rotatable bonds is 5. The van der Waals surface area contributed by atoms with Crippen molar-refractivity contribution < 1.29 is 4.79 Å². The van der Waals surface area contributed by atoms with E-state index in [4.69, 9.17) is 0 Å². The summed E-state index contributed by atoms with van der Waals surface area (Å²) in [5.41, 5.74) is 2.26. The van der Waals surface area contributed by atoms with E-state index in [-0.39, 0.29) is 5.78 Å². The second kappa shape index (κ2) is 6.63. The van der Waals surface area contributed by atoms with Crippen molar-refractivity contribution in [2.45, 2.75) is 25.7 Å². The van der Waals surface area contributed by atoms with Crippen molar-refractivity contribution in [2.75, 3.05) is 0 Å². The lowest BCUT2D eigenvalue weighted by molar-refractivity contribution is 0.0977. The average Bonchev–Trinajstić information content (AvgIpc) is 2.50. The van der Waals surface area contributed by atoms with Crippen molar-refractivity contribution in [3.05, 3.63) is 65.5 Å². The van der Waals surface area contributed by atoms with Crippen LogP contribution in [0.25, 0.3) is 0 Å². The molecule has 20 heavy (non-hydrogen) atoms. The number of benzene rings is 1. The Morgan fingerprint density at radius 3 is 2.55 bits per heavy atom. The molecular formula is C17H16N2O. The van der Waals surface area contributed by atoms with Gasteiger partial charge in [-0.15, -0.1) is 0 Å². The molecule has 0 saturated heterocycles. The summed E-state index contributed by atoms with van der Waals surface area (Å²) in [6.45, 7) is 2.12. The molecule has 2 rings (SSSR count). The first-order valence-corrected chi connectivity index (χ1v) is 6.70. The number of carbonyl (C=O) groups excluding carboxylic acids is 1. The maximum absolute atomic E-state index is 12.4. The highest BCUT2D eigenvalue weighted by Gasteiger charge is 2.22. The Balaban J connectivity index is 2.23. The molecule has 3 heteroatoms. The Morgan fingerprint density at radius 1 is 1.25 bits per heavy atom. The highest BCUT2D eigenvalue weighted by Crippen LogP contribution is 2.19. The second-order valence-corrected chi connectivity index (χ2v) is 4.63. The Kier molecular flexibility index (Phi) is 4.62. The van der Waals surface area contributed by atoms with Gasteiger partial charge in [-0.25, -0.2) is 0 Å². The molecule has 0 radical (unpaired) electrons. The fraction of sp³-hybridized carbons (Fsp3) is 0.235. The van der Waals surface area contributed by atoms with E-state index >= 15 is 0 Å². The summed E-state index contributed by atoms with van der Waals surface area (Å²) in [6, 6.07) is 14.8. The summed E-state index contributed by atoms with van der Waals surface area (Å²) in [5.74, 6) is -1.04. The lowest BCUT2D eigenvalue weighted by Crippen LogP contribution is -2.12. The van der Waals surface area contributed by atoms with Gasteiger partial charge in [0.05, 0.1) is 11.8 Å². The summed E-state index contributed by atoms with van der Waals surface area (Å²) in [5, 5.41) is 9.24. The third-order valence-electron chi connectivity index (χ3n) is 3.15. The van der Waals surface area contributed by atoms with E-state index in [1.54, 1.807) is 36.5 Å². The SMILES string of the molecule is CCCc1ccc(C(=O)[C@@H](C#N)c2ccccn2)cc1. The van der Waals surface area contributed by atoms with Crippen molar-refractivity contribution in [3.8, 4) is 6.07 Å². The van der Waals surface area contributed by atoms with E-state index in [9.17, 15) is 10.1 Å². The van der Waals surface area contributed by atoms with E-state index in [2.05, 4.69) is 11.9 Å². The fourth-order valence-electron chi connectivity index (χ4n) is 2.10. The van der Waals surface area contributed by atoms with Crippen LogP contribution in [-0.4, -0.2) is 10.8 Å². The maximum Gasteiger partial charge on any atom is 0.186 e. The van der Waals surface area contributed by atoms with Gasteiger partial charge in [-0.3, -0.25) is 9.78 Å². The van der Waals surface area contributed by atoms with Crippen molar-refractivity contribution in [1.82, 2.24) is 4.98 Å². The first-order valence-electron chi connectivity index (χ1n) is 6.70. The van der Waals surface area contributed by atoms with E-state index in [0.29, 0.717) is 11.3 Å². The van der Waals surface area contributed by atoms with E-state index in [1.165, 1.54) is 5.56 Å². The molecular weight excluding hydrogens is 248 g/mol. The van der Waals surface area contributed by atoms with Crippen molar-refractivity contribution in [3.63, 3.8) is 0 Å². The molecule has 0 saturated carbocycles. The van der Waals surface area contributed by atoms with E-state index in [0.717, 1.165) is 12.8 Å². The number of pyridine rings is 1. The lowest BCUT2D eigenvalue weighted by Gasteiger charge is -2.08. The zero-order chi connectivity index (χ0) is 14.4. The third-order valence-corrected chi connectivity index (χ3v) is 3.15. The number of ketones is 1. The summed E-state index contributed by atoms with van der Waals surface area (Å²) in [4.78, 5) is 16.5. The number of Topliss-reactive ketones (excluding diaryl/α,β-unsaturated/α-hetero) is 1. The predicted molar refractivity (Wildman–Crippen MR) is 77.4 cm³/mol. The minimum atomic E-state index is -0.840. The van der Waals surface area contributed by atoms with Crippen LogP contribution in [0.3, 0.4) is 0 Å². The number of hydrogen-bond donors (Lipinski definition) is 0. The molecule has 1 heterocycles. The van der Waals surface area contributed by atoms with Crippen LogP contribution in [0.15, 0.2) is 48.7 Å². The van der Waals surface area contributed by atoms with Gasteiger partial charge in [0.15, 0.2) is 11.7 Å². The van der Waals surface area contributed by atoms with Crippen LogP contribution in [0.4, 0.5) is 0 Å². The van der Waals surface area contributed by atoms with Gasteiger partial charge in [-0.2, -0.15) is 5.26 Å². The van der Waals surface area contributed by atoms with Gasteiger partial charge in [0.25, 0.3) is 0 Å². The number of nitrogens with zero attached hydrogens (tertiary/aromatic N) is 2. The van der Waals surface area contributed by atoms with Gasteiger partial charge in [0.2, 0.25) is 0 Å². The minimum Gasteiger partial charge on any atom is -0.292 e. The summed E-state index contributed by atoms with van der Waals surface area (Å²) in [7, 11) is 0. The normalized spacial score (nSPS) is 11.6. The molecule has 0 aliphatic carbocycles. The quantitative estimate of drug-likeness (QED) is 0.776. The minimum absolute atomic E-state index is 0.200. The van der Waals surface area contributed by atoms with E-state index in [1.807, 2.05) is 18.2 Å². The maximum atomic E-state index is 12.4. The topological polar surface area (TPSA) is 53.8 Å². The Bertz CT molecular complexity index is 612. The van der Waals surface area contributed by atoms with Crippen LogP contribution in [0, 0.1) is 11.3 Å². The Hall–Kier alpha value is -2.47. The molecule has 0 unspecified atom stereocenters. The summed E-state index contributed by atoms with van der Waals surface area (Å²) >= 11 is 0. The van der Waals surface area contributed by atoms with E-state index < -0.39 is 5.92 Å². The van der Waals surface area contributed by atoms with Gasteiger partial charge < -0.3 is 0 Å². The zero-order valence-electron chi connectivity index (χ0n) is 11.4. The van der Waals surface area contributed by atoms with Crippen LogP contribution in [-0.2, 0) is 6.42 Å². The second-order valence-electron chi connectivity index (χ2n) is 4.63. The highest BCUT2D eigenvalue weighted by molar-refractivity contribution is 6.02. The molecule has 1 aromatic heterocycles. The monoisotopic (exact) mass is 264 g/mol. The first kappa shape index (κ1) is 14.0. The lowest BCUT2D eigenvalue weighted by atomic mass is 9.94. The average molecular weight is 264 g/mol. The van der Waals surface area contributed by atoms with Crippen LogP contribution in [0.5, 0.6) is 0 Å². The molecule has 1 aromatic carbocycles. The molecule has 0 fully saturated rings. The van der Waals surface area contributed by atoms with Gasteiger partial charge >= 0.3 is 0 Å². The summed E-state index contributed by atoms with van der Waals surface area (Å²) in [6.07, 6.45) is 3.66. The number of aryl methyl sites for hydroxylation is 1.